The summed E-state index contributed by atoms with van der Waals surface area (Å²) in [6.07, 6.45) is 80.3. The predicted octanol–water partition coefficient (Wildman–Crippen LogP) is 19.0. The summed E-state index contributed by atoms with van der Waals surface area (Å²) in [6.45, 7) is 4.26. The number of carbonyl (C=O) groups is 1. The van der Waals surface area contributed by atoms with Crippen LogP contribution in [0.25, 0.3) is 0 Å². The van der Waals surface area contributed by atoms with Gasteiger partial charge in [-0.15, -0.1) is 0 Å². The van der Waals surface area contributed by atoms with Crippen LogP contribution in [0, 0.1) is 0 Å². The average Bonchev–Trinajstić information content (AvgIpc) is 3.31. The van der Waals surface area contributed by atoms with Gasteiger partial charge in [0.15, 0.2) is 0 Å². The van der Waals surface area contributed by atoms with Crippen LogP contribution >= 0.6 is 0 Å². The minimum atomic E-state index is -0.663. The Kier molecular flexibility index (Phi) is 54.3. The largest absolute Gasteiger partial charge is 0.394 e. The Labute approximate surface area is 406 Å². The van der Waals surface area contributed by atoms with E-state index >= 15 is 0 Å². The molecule has 0 saturated carbocycles. The molecule has 0 aromatic rings. The normalized spacial score (nSPS) is 13.4. The Hall–Kier alpha value is -2.17. The zero-order chi connectivity index (χ0) is 47.0. The lowest BCUT2D eigenvalue weighted by Gasteiger charge is -2.22. The van der Waals surface area contributed by atoms with Crippen LogP contribution in [0.15, 0.2) is 72.9 Å². The highest BCUT2D eigenvalue weighted by molar-refractivity contribution is 5.76. The summed E-state index contributed by atoms with van der Waals surface area (Å²) in [4.78, 5) is 12.5. The summed E-state index contributed by atoms with van der Waals surface area (Å²) in [5.74, 6) is -0.0310. The average molecular weight is 907 g/mol. The van der Waals surface area contributed by atoms with Gasteiger partial charge >= 0.3 is 0 Å². The van der Waals surface area contributed by atoms with E-state index in [9.17, 15) is 15.0 Å². The molecule has 0 fully saturated rings. The molecule has 1 amide bonds. The van der Waals surface area contributed by atoms with E-state index in [2.05, 4.69) is 92.1 Å². The number of unbranched alkanes of at least 4 members (excludes halogenated alkanes) is 33. The molecule has 3 N–H and O–H groups in total. The van der Waals surface area contributed by atoms with Crippen molar-refractivity contribution < 1.29 is 15.0 Å². The van der Waals surface area contributed by atoms with Crippen molar-refractivity contribution in [3.05, 3.63) is 72.9 Å². The standard InChI is InChI=1S/C61H111NO3/c1-3-5-7-9-11-13-15-17-19-21-23-25-26-27-28-29-30-31-32-33-34-35-36-37-39-41-43-45-47-49-51-53-55-57-61(65)62-59(58-63)60(64)56-54-52-50-48-46-44-42-40-38-24-22-20-18-16-14-12-10-8-6-4-2/h5,7,11,13,17,19,23,25,27-28,30-31,59-60,63-64H,3-4,6,8-10,12,14-16,18,20-22,24,26,29,32-58H2,1-2H3,(H,62,65)/b7-5-,13-11-,19-17-,25-23-,28-27-,31-30-. The maximum absolute atomic E-state index is 12.5. The van der Waals surface area contributed by atoms with Crippen LogP contribution in [-0.2, 0) is 4.79 Å². The van der Waals surface area contributed by atoms with Crippen LogP contribution in [0.4, 0.5) is 0 Å². The zero-order valence-corrected chi connectivity index (χ0v) is 43.5. The zero-order valence-electron chi connectivity index (χ0n) is 43.5. The summed E-state index contributed by atoms with van der Waals surface area (Å²) in [5.41, 5.74) is 0. The van der Waals surface area contributed by atoms with Gasteiger partial charge < -0.3 is 15.5 Å². The summed E-state index contributed by atoms with van der Waals surface area (Å²) in [6, 6.07) is -0.540. The molecule has 0 heterocycles. The van der Waals surface area contributed by atoms with Crippen LogP contribution in [-0.4, -0.2) is 34.9 Å². The summed E-state index contributed by atoms with van der Waals surface area (Å²) < 4.78 is 0. The Bertz CT molecular complexity index is 1120. The highest BCUT2D eigenvalue weighted by Gasteiger charge is 2.20. The van der Waals surface area contributed by atoms with Crippen LogP contribution < -0.4 is 5.32 Å². The third kappa shape index (κ3) is 52.7. The fourth-order valence-electron chi connectivity index (χ4n) is 8.66. The lowest BCUT2D eigenvalue weighted by molar-refractivity contribution is -0.123. The third-order valence-corrected chi connectivity index (χ3v) is 13.0. The van der Waals surface area contributed by atoms with Crippen LogP contribution in [0.1, 0.15) is 290 Å². The van der Waals surface area contributed by atoms with Gasteiger partial charge in [-0.1, -0.05) is 292 Å². The van der Waals surface area contributed by atoms with Crippen molar-refractivity contribution in [2.75, 3.05) is 6.61 Å². The van der Waals surface area contributed by atoms with Gasteiger partial charge in [0.25, 0.3) is 0 Å². The molecule has 65 heavy (non-hydrogen) atoms. The lowest BCUT2D eigenvalue weighted by atomic mass is 10.0. The van der Waals surface area contributed by atoms with Crippen molar-refractivity contribution in [3.8, 4) is 0 Å². The molecule has 4 nitrogen and oxygen atoms in total. The molecular formula is C61H111NO3. The number of hydrogen-bond donors (Lipinski definition) is 3. The molecule has 0 aliphatic heterocycles. The first-order valence-electron chi connectivity index (χ1n) is 28.6. The number of carbonyl (C=O) groups excluding carboxylic acids is 1. The lowest BCUT2D eigenvalue weighted by Crippen LogP contribution is -2.45. The quantitative estimate of drug-likeness (QED) is 0.0421. The first kappa shape index (κ1) is 62.8. The monoisotopic (exact) mass is 906 g/mol. The second-order valence-electron chi connectivity index (χ2n) is 19.3. The highest BCUT2D eigenvalue weighted by Crippen LogP contribution is 2.17. The van der Waals surface area contributed by atoms with Crippen molar-refractivity contribution >= 4 is 5.91 Å². The van der Waals surface area contributed by atoms with Crippen molar-refractivity contribution in [1.82, 2.24) is 5.32 Å². The molecule has 0 aliphatic carbocycles. The molecule has 0 aliphatic rings. The van der Waals surface area contributed by atoms with Crippen molar-refractivity contribution in [2.24, 2.45) is 0 Å². The van der Waals surface area contributed by atoms with Crippen molar-refractivity contribution in [3.63, 3.8) is 0 Å². The van der Waals surface area contributed by atoms with E-state index in [0.29, 0.717) is 12.8 Å². The second kappa shape index (κ2) is 56.2. The molecule has 0 radical (unpaired) electrons. The molecule has 0 rings (SSSR count). The highest BCUT2D eigenvalue weighted by atomic mass is 16.3. The van der Waals surface area contributed by atoms with E-state index in [1.165, 1.54) is 199 Å². The molecule has 2 unspecified atom stereocenters. The summed E-state index contributed by atoms with van der Waals surface area (Å²) in [7, 11) is 0. The molecule has 4 heteroatoms. The molecule has 378 valence electrons. The predicted molar refractivity (Wildman–Crippen MR) is 290 cm³/mol. The number of nitrogens with one attached hydrogen (secondary N) is 1. The van der Waals surface area contributed by atoms with Gasteiger partial charge in [0.1, 0.15) is 0 Å². The van der Waals surface area contributed by atoms with Gasteiger partial charge in [0.05, 0.1) is 18.8 Å². The maximum Gasteiger partial charge on any atom is 0.220 e. The van der Waals surface area contributed by atoms with E-state index < -0.39 is 12.1 Å². The molecule has 0 saturated heterocycles. The Morgan fingerprint density at radius 1 is 0.385 bits per heavy atom. The Morgan fingerprint density at radius 3 is 1.02 bits per heavy atom. The summed E-state index contributed by atoms with van der Waals surface area (Å²) >= 11 is 0. The minimum Gasteiger partial charge on any atom is -0.394 e. The van der Waals surface area contributed by atoms with Gasteiger partial charge in [-0.3, -0.25) is 4.79 Å². The number of amides is 1. The van der Waals surface area contributed by atoms with E-state index in [-0.39, 0.29) is 12.5 Å². The maximum atomic E-state index is 12.5. The van der Waals surface area contributed by atoms with Gasteiger partial charge in [0.2, 0.25) is 5.91 Å². The van der Waals surface area contributed by atoms with Crippen LogP contribution in [0.3, 0.4) is 0 Å². The minimum absolute atomic E-state index is 0.0310. The fourth-order valence-corrected chi connectivity index (χ4v) is 8.66. The van der Waals surface area contributed by atoms with Crippen LogP contribution in [0.2, 0.25) is 0 Å². The molecular weight excluding hydrogens is 795 g/mol. The molecule has 2 atom stereocenters. The number of aliphatic hydroxyl groups is 2. The molecule has 0 spiro atoms. The fraction of sp³-hybridized carbons (Fsp3) is 0.787. The second-order valence-corrected chi connectivity index (χ2v) is 19.3. The molecule has 0 aromatic heterocycles. The molecule has 0 aromatic carbocycles. The first-order valence-corrected chi connectivity index (χ1v) is 28.6. The Balaban J connectivity index is 3.48. The number of aliphatic hydroxyl groups excluding tert-OH is 2. The van der Waals surface area contributed by atoms with E-state index in [1.807, 2.05) is 0 Å². The van der Waals surface area contributed by atoms with Gasteiger partial charge in [-0.25, -0.2) is 0 Å². The summed E-state index contributed by atoms with van der Waals surface area (Å²) in [5, 5.41) is 23.3. The van der Waals surface area contributed by atoms with E-state index in [4.69, 9.17) is 0 Å². The number of allylic oxidation sites excluding steroid dienone is 12. The van der Waals surface area contributed by atoms with Crippen molar-refractivity contribution in [2.45, 2.75) is 302 Å². The SMILES string of the molecule is CC/C=C\C/C=C\C/C=C\C/C=C\C/C=C\C/C=C\CCCCCCCCCCCCCCCCC(=O)NC(CO)C(O)CCCCCCCCCCCCCCCCCCCCCC. The topological polar surface area (TPSA) is 69.6 Å². The number of hydrogen-bond acceptors (Lipinski definition) is 3. The van der Waals surface area contributed by atoms with Gasteiger partial charge in [0, 0.05) is 6.42 Å². The van der Waals surface area contributed by atoms with E-state index in [1.54, 1.807) is 0 Å². The van der Waals surface area contributed by atoms with E-state index in [0.717, 1.165) is 64.2 Å². The van der Waals surface area contributed by atoms with Crippen molar-refractivity contribution in [1.29, 1.82) is 0 Å². The third-order valence-electron chi connectivity index (χ3n) is 13.0. The first-order chi connectivity index (χ1) is 32.2. The van der Waals surface area contributed by atoms with Gasteiger partial charge in [-0.2, -0.15) is 0 Å². The smallest absolute Gasteiger partial charge is 0.220 e. The van der Waals surface area contributed by atoms with Gasteiger partial charge in [-0.05, 0) is 64.2 Å². The number of rotatable bonds is 52. The molecule has 0 bridgehead atoms. The Morgan fingerprint density at radius 2 is 0.677 bits per heavy atom. The van der Waals surface area contributed by atoms with Crippen LogP contribution in [0.5, 0.6) is 0 Å².